The highest BCUT2D eigenvalue weighted by molar-refractivity contribution is 5.79. The van der Waals surface area contributed by atoms with E-state index < -0.39 is 0 Å². The van der Waals surface area contributed by atoms with E-state index in [-0.39, 0.29) is 17.6 Å². The van der Waals surface area contributed by atoms with Crippen molar-refractivity contribution in [3.8, 4) is 0 Å². The molecule has 1 aliphatic heterocycles. The molecule has 0 atom stereocenters. The molecule has 31 heavy (non-hydrogen) atoms. The van der Waals surface area contributed by atoms with E-state index >= 15 is 0 Å². The second-order valence-electron chi connectivity index (χ2n) is 7.97. The molecule has 4 rings (SSSR count). The molecule has 6 nitrogen and oxygen atoms in total. The van der Waals surface area contributed by atoms with Gasteiger partial charge < -0.3 is 10.2 Å². The molecule has 3 aromatic rings. The number of piperidine rings is 1. The van der Waals surface area contributed by atoms with E-state index in [1.807, 2.05) is 6.20 Å². The van der Waals surface area contributed by atoms with Crippen LogP contribution in [0, 0.1) is 11.7 Å². The van der Waals surface area contributed by atoms with Crippen molar-refractivity contribution in [3.05, 3.63) is 59.3 Å². The third-order valence-corrected chi connectivity index (χ3v) is 5.94. The second kappa shape index (κ2) is 9.37. The maximum absolute atomic E-state index is 13.0. The zero-order valence-corrected chi connectivity index (χ0v) is 18.1. The van der Waals surface area contributed by atoms with Crippen LogP contribution in [0.2, 0.25) is 0 Å². The van der Waals surface area contributed by atoms with Crippen LogP contribution in [0.25, 0.3) is 11.2 Å². The summed E-state index contributed by atoms with van der Waals surface area (Å²) in [4.78, 5) is 28.8. The largest absolute Gasteiger partial charge is 0.370 e. The lowest BCUT2D eigenvalue weighted by atomic mass is 9.95. The van der Waals surface area contributed by atoms with Gasteiger partial charge >= 0.3 is 0 Å². The highest BCUT2D eigenvalue weighted by atomic mass is 19.1. The molecule has 0 saturated carbocycles. The number of nitrogens with one attached hydrogen (secondary N) is 1. The van der Waals surface area contributed by atoms with Crippen molar-refractivity contribution < 1.29 is 9.18 Å². The Kier molecular flexibility index (Phi) is 6.39. The van der Waals surface area contributed by atoms with Crippen molar-refractivity contribution in [1.82, 2.24) is 20.3 Å². The zero-order chi connectivity index (χ0) is 21.8. The summed E-state index contributed by atoms with van der Waals surface area (Å²) in [6.45, 7) is 6.19. The summed E-state index contributed by atoms with van der Waals surface area (Å²) in [6, 6.07) is 8.27. The van der Waals surface area contributed by atoms with E-state index in [0.29, 0.717) is 12.2 Å². The molecular formula is C24H28FN5O. The number of amides is 1. The summed E-state index contributed by atoms with van der Waals surface area (Å²) in [6.07, 6.45) is 5.14. The normalized spacial score (nSPS) is 14.7. The Morgan fingerprint density at radius 3 is 2.45 bits per heavy atom. The first-order valence-corrected chi connectivity index (χ1v) is 11.0. The van der Waals surface area contributed by atoms with Crippen LogP contribution in [0.4, 0.5) is 10.1 Å². The number of hydrogen-bond acceptors (Lipinski definition) is 5. The van der Waals surface area contributed by atoms with E-state index in [9.17, 15) is 9.18 Å². The van der Waals surface area contributed by atoms with Crippen molar-refractivity contribution >= 4 is 22.8 Å². The first-order valence-electron chi connectivity index (χ1n) is 11.0. The van der Waals surface area contributed by atoms with Crippen LogP contribution in [0.15, 0.2) is 36.5 Å². The molecule has 162 valence electrons. The van der Waals surface area contributed by atoms with Gasteiger partial charge in [-0.3, -0.25) is 4.79 Å². The fourth-order valence-electron chi connectivity index (χ4n) is 4.08. The SMILES string of the molecule is CCc1nc2cc(N3CCC(C(=O)NCc4ccc(F)cc4)CC3)cnc2nc1CC. The van der Waals surface area contributed by atoms with E-state index in [0.717, 1.165) is 66.9 Å². The summed E-state index contributed by atoms with van der Waals surface area (Å²) < 4.78 is 13.0. The summed E-state index contributed by atoms with van der Waals surface area (Å²) in [7, 11) is 0. The Bertz CT molecular complexity index is 1060. The Balaban J connectivity index is 1.37. The lowest BCUT2D eigenvalue weighted by molar-refractivity contribution is -0.125. The molecule has 1 N–H and O–H groups in total. The van der Waals surface area contributed by atoms with Crippen LogP contribution in [-0.4, -0.2) is 33.9 Å². The number of carbonyl (C=O) groups excluding carboxylic acids is 1. The van der Waals surface area contributed by atoms with Crippen molar-refractivity contribution in [1.29, 1.82) is 0 Å². The number of rotatable bonds is 6. The predicted octanol–water partition coefficient (Wildman–Crippen LogP) is 3.82. The van der Waals surface area contributed by atoms with E-state index in [1.54, 1.807) is 12.1 Å². The van der Waals surface area contributed by atoms with Gasteiger partial charge in [-0.2, -0.15) is 0 Å². The Morgan fingerprint density at radius 1 is 1.10 bits per heavy atom. The predicted molar refractivity (Wildman–Crippen MR) is 119 cm³/mol. The Labute approximate surface area is 181 Å². The third-order valence-electron chi connectivity index (χ3n) is 5.94. The van der Waals surface area contributed by atoms with Crippen molar-refractivity contribution in [2.45, 2.75) is 46.1 Å². The monoisotopic (exact) mass is 421 g/mol. The third kappa shape index (κ3) is 4.81. The van der Waals surface area contributed by atoms with Crippen molar-refractivity contribution in [3.63, 3.8) is 0 Å². The van der Waals surface area contributed by atoms with E-state index in [1.165, 1.54) is 12.1 Å². The number of fused-ring (bicyclic) bond motifs is 1. The van der Waals surface area contributed by atoms with Crippen molar-refractivity contribution in [2.24, 2.45) is 5.92 Å². The lowest BCUT2D eigenvalue weighted by Crippen LogP contribution is -2.40. The minimum atomic E-state index is -0.270. The Morgan fingerprint density at radius 2 is 1.77 bits per heavy atom. The van der Waals surface area contributed by atoms with Gasteiger partial charge in [-0.25, -0.2) is 19.3 Å². The molecule has 1 saturated heterocycles. The fraction of sp³-hybridized carbons (Fsp3) is 0.417. The average molecular weight is 422 g/mol. The molecule has 1 amide bonds. The Hall–Kier alpha value is -3.09. The minimum absolute atomic E-state index is 0.0105. The molecule has 2 aromatic heterocycles. The van der Waals surface area contributed by atoms with Crippen LogP contribution in [0.1, 0.15) is 43.6 Å². The maximum atomic E-state index is 13.0. The summed E-state index contributed by atoms with van der Waals surface area (Å²) in [5.74, 6) is -0.219. The topological polar surface area (TPSA) is 71.0 Å². The van der Waals surface area contributed by atoms with Gasteiger partial charge in [0.25, 0.3) is 0 Å². The van der Waals surface area contributed by atoms with Gasteiger partial charge in [0.2, 0.25) is 5.91 Å². The molecular weight excluding hydrogens is 393 g/mol. The van der Waals surface area contributed by atoms with Crippen LogP contribution in [0.3, 0.4) is 0 Å². The standard InChI is InChI=1S/C24H28FN5O/c1-3-20-21(4-2)29-23-22(28-20)13-19(15-26-23)30-11-9-17(10-12-30)24(31)27-14-16-5-7-18(25)8-6-16/h5-8,13,15,17H,3-4,9-12,14H2,1-2H3,(H,27,31). The molecule has 7 heteroatoms. The van der Waals surface area contributed by atoms with Gasteiger partial charge in [-0.05, 0) is 49.4 Å². The van der Waals surface area contributed by atoms with E-state index in [2.05, 4.69) is 40.1 Å². The number of hydrogen-bond donors (Lipinski definition) is 1. The smallest absolute Gasteiger partial charge is 0.223 e. The molecule has 0 radical (unpaired) electrons. The molecule has 0 spiro atoms. The summed E-state index contributed by atoms with van der Waals surface area (Å²) >= 11 is 0. The number of anilines is 1. The lowest BCUT2D eigenvalue weighted by Gasteiger charge is -2.32. The minimum Gasteiger partial charge on any atom is -0.370 e. The molecule has 0 bridgehead atoms. The average Bonchev–Trinajstić information content (AvgIpc) is 2.82. The zero-order valence-electron chi connectivity index (χ0n) is 18.1. The number of pyridine rings is 1. The first-order chi connectivity index (χ1) is 15.1. The number of nitrogens with zero attached hydrogens (tertiary/aromatic N) is 4. The van der Waals surface area contributed by atoms with Gasteiger partial charge in [0.15, 0.2) is 5.65 Å². The summed E-state index contributed by atoms with van der Waals surface area (Å²) in [5, 5.41) is 2.98. The second-order valence-corrected chi connectivity index (χ2v) is 7.97. The van der Waals surface area contributed by atoms with Gasteiger partial charge in [0, 0.05) is 25.6 Å². The number of aryl methyl sites for hydroxylation is 2. The van der Waals surface area contributed by atoms with Crippen molar-refractivity contribution in [2.75, 3.05) is 18.0 Å². The molecule has 1 fully saturated rings. The highest BCUT2D eigenvalue weighted by Gasteiger charge is 2.25. The summed E-state index contributed by atoms with van der Waals surface area (Å²) in [5.41, 5.74) is 5.48. The number of halogens is 1. The molecule has 1 aromatic carbocycles. The first kappa shape index (κ1) is 21.2. The van der Waals surface area contributed by atoms with Gasteiger partial charge in [-0.1, -0.05) is 26.0 Å². The number of carbonyl (C=O) groups is 1. The van der Waals surface area contributed by atoms with E-state index in [4.69, 9.17) is 4.98 Å². The molecule has 3 heterocycles. The van der Waals surface area contributed by atoms with Crippen LogP contribution >= 0.6 is 0 Å². The number of aromatic nitrogens is 3. The fourth-order valence-corrected chi connectivity index (χ4v) is 4.08. The van der Waals surface area contributed by atoms with Gasteiger partial charge in [0.1, 0.15) is 11.3 Å². The highest BCUT2D eigenvalue weighted by Crippen LogP contribution is 2.25. The van der Waals surface area contributed by atoms with Gasteiger partial charge in [-0.15, -0.1) is 0 Å². The maximum Gasteiger partial charge on any atom is 0.223 e. The number of benzene rings is 1. The molecule has 1 aliphatic rings. The molecule has 0 unspecified atom stereocenters. The van der Waals surface area contributed by atoms with Crippen LogP contribution < -0.4 is 10.2 Å². The van der Waals surface area contributed by atoms with Crippen LogP contribution in [-0.2, 0) is 24.2 Å². The van der Waals surface area contributed by atoms with Gasteiger partial charge in [0.05, 0.1) is 23.3 Å². The molecule has 0 aliphatic carbocycles. The van der Waals surface area contributed by atoms with Crippen LogP contribution in [0.5, 0.6) is 0 Å². The quantitative estimate of drug-likeness (QED) is 0.655.